The summed E-state index contributed by atoms with van der Waals surface area (Å²) in [6.45, 7) is 2.70. The molecule has 0 bridgehead atoms. The highest BCUT2D eigenvalue weighted by Crippen LogP contribution is 1.93. The highest BCUT2D eigenvalue weighted by atomic mass is 16.4. The standard InChI is InChI=1S/C7H14N2O4/c1-3(8)6(11)9-5(4(2)10)7(12)13/h3-5,10H,8H2,1-2H3,(H,9,11)(H,12,13)/t3-,4-,5-/m1/s1. The third-order valence-electron chi connectivity index (χ3n) is 1.46. The van der Waals surface area contributed by atoms with Crippen LogP contribution in [0.5, 0.6) is 0 Å². The fourth-order valence-electron chi connectivity index (χ4n) is 0.673. The van der Waals surface area contributed by atoms with E-state index in [2.05, 4.69) is 5.32 Å². The van der Waals surface area contributed by atoms with Crippen LogP contribution >= 0.6 is 0 Å². The average Bonchev–Trinajstić information content (AvgIpc) is 1.97. The van der Waals surface area contributed by atoms with E-state index in [1.165, 1.54) is 13.8 Å². The van der Waals surface area contributed by atoms with Gasteiger partial charge in [0.2, 0.25) is 5.91 Å². The maximum atomic E-state index is 11.0. The number of amides is 1. The number of carboxylic acids is 1. The molecular weight excluding hydrogens is 176 g/mol. The summed E-state index contributed by atoms with van der Waals surface area (Å²) in [5.74, 6) is -1.89. The van der Waals surface area contributed by atoms with Crippen molar-refractivity contribution in [2.24, 2.45) is 5.73 Å². The Hall–Kier alpha value is -1.14. The molecule has 0 fully saturated rings. The normalized spacial score (nSPS) is 17.2. The summed E-state index contributed by atoms with van der Waals surface area (Å²) in [5, 5.41) is 19.6. The topological polar surface area (TPSA) is 113 Å². The second-order valence-corrected chi connectivity index (χ2v) is 2.85. The van der Waals surface area contributed by atoms with Gasteiger partial charge in [0.15, 0.2) is 6.04 Å². The summed E-state index contributed by atoms with van der Waals surface area (Å²) in [6.07, 6.45) is -1.15. The van der Waals surface area contributed by atoms with E-state index in [1.54, 1.807) is 0 Å². The first-order valence-corrected chi connectivity index (χ1v) is 3.83. The second kappa shape index (κ2) is 4.78. The smallest absolute Gasteiger partial charge is 0.328 e. The molecule has 13 heavy (non-hydrogen) atoms. The number of carbonyl (C=O) groups is 2. The monoisotopic (exact) mass is 190 g/mol. The van der Waals surface area contributed by atoms with Gasteiger partial charge in [-0.15, -0.1) is 0 Å². The Morgan fingerprint density at radius 2 is 1.85 bits per heavy atom. The molecule has 0 spiro atoms. The molecule has 0 unspecified atom stereocenters. The van der Waals surface area contributed by atoms with Gasteiger partial charge >= 0.3 is 5.97 Å². The summed E-state index contributed by atoms with van der Waals surface area (Å²) in [7, 11) is 0. The van der Waals surface area contributed by atoms with Crippen molar-refractivity contribution in [2.75, 3.05) is 0 Å². The fraction of sp³-hybridized carbons (Fsp3) is 0.714. The highest BCUT2D eigenvalue weighted by Gasteiger charge is 2.25. The quantitative estimate of drug-likeness (QED) is 0.421. The summed E-state index contributed by atoms with van der Waals surface area (Å²) in [4.78, 5) is 21.4. The Balaban J connectivity index is 4.27. The van der Waals surface area contributed by atoms with Gasteiger partial charge in [0.05, 0.1) is 12.1 Å². The molecule has 0 rings (SSSR count). The van der Waals surface area contributed by atoms with Crippen molar-refractivity contribution in [2.45, 2.75) is 32.0 Å². The number of aliphatic hydroxyl groups excluding tert-OH is 1. The van der Waals surface area contributed by atoms with E-state index in [0.29, 0.717) is 0 Å². The van der Waals surface area contributed by atoms with E-state index in [9.17, 15) is 9.59 Å². The van der Waals surface area contributed by atoms with Gasteiger partial charge in [-0.25, -0.2) is 4.79 Å². The zero-order valence-corrected chi connectivity index (χ0v) is 7.52. The molecule has 0 aromatic carbocycles. The zero-order valence-electron chi connectivity index (χ0n) is 7.52. The van der Waals surface area contributed by atoms with Crippen molar-refractivity contribution >= 4 is 11.9 Å². The fourth-order valence-corrected chi connectivity index (χ4v) is 0.673. The average molecular weight is 190 g/mol. The van der Waals surface area contributed by atoms with E-state index in [4.69, 9.17) is 15.9 Å². The first-order chi connectivity index (χ1) is 5.86. The maximum Gasteiger partial charge on any atom is 0.328 e. The minimum absolute atomic E-state index is 0.603. The molecule has 0 saturated heterocycles. The van der Waals surface area contributed by atoms with Gasteiger partial charge in [-0.3, -0.25) is 4.79 Å². The van der Waals surface area contributed by atoms with Gasteiger partial charge in [0, 0.05) is 0 Å². The van der Waals surface area contributed by atoms with Crippen molar-refractivity contribution in [3.8, 4) is 0 Å². The number of hydrogen-bond donors (Lipinski definition) is 4. The van der Waals surface area contributed by atoms with Crippen molar-refractivity contribution in [1.29, 1.82) is 0 Å². The van der Waals surface area contributed by atoms with E-state index in [-0.39, 0.29) is 0 Å². The first kappa shape index (κ1) is 11.9. The largest absolute Gasteiger partial charge is 0.480 e. The molecule has 0 heterocycles. The third kappa shape index (κ3) is 3.86. The van der Waals surface area contributed by atoms with E-state index in [1.807, 2.05) is 0 Å². The molecule has 0 aliphatic heterocycles. The lowest BCUT2D eigenvalue weighted by Crippen LogP contribution is -2.51. The van der Waals surface area contributed by atoms with Gasteiger partial charge in [0.25, 0.3) is 0 Å². The SMILES string of the molecule is C[C@@H](N)C(=O)N[C@@H](C(=O)O)[C@@H](C)O. The second-order valence-electron chi connectivity index (χ2n) is 2.85. The van der Waals surface area contributed by atoms with Crippen LogP contribution in [0.4, 0.5) is 0 Å². The Morgan fingerprint density at radius 1 is 1.38 bits per heavy atom. The lowest BCUT2D eigenvalue weighted by atomic mass is 10.1. The molecule has 0 aliphatic rings. The van der Waals surface area contributed by atoms with Gasteiger partial charge in [-0.2, -0.15) is 0 Å². The minimum atomic E-state index is -1.31. The Labute approximate surface area is 75.7 Å². The molecule has 1 amide bonds. The summed E-state index contributed by atoms with van der Waals surface area (Å²) < 4.78 is 0. The molecule has 3 atom stereocenters. The van der Waals surface area contributed by atoms with Crippen molar-refractivity contribution in [1.82, 2.24) is 5.32 Å². The van der Waals surface area contributed by atoms with Crippen LogP contribution in [-0.2, 0) is 9.59 Å². The number of aliphatic carboxylic acids is 1. The van der Waals surface area contributed by atoms with Crippen LogP contribution in [0, 0.1) is 0 Å². The molecule has 76 valence electrons. The third-order valence-corrected chi connectivity index (χ3v) is 1.46. The Morgan fingerprint density at radius 3 is 2.08 bits per heavy atom. The summed E-state index contributed by atoms with van der Waals surface area (Å²) >= 11 is 0. The van der Waals surface area contributed by atoms with E-state index >= 15 is 0 Å². The molecule has 6 heteroatoms. The molecule has 5 N–H and O–H groups in total. The molecule has 0 aromatic rings. The molecule has 0 aliphatic carbocycles. The predicted molar refractivity (Wildman–Crippen MR) is 44.9 cm³/mol. The highest BCUT2D eigenvalue weighted by molar-refractivity contribution is 5.86. The van der Waals surface area contributed by atoms with Crippen LogP contribution in [0.3, 0.4) is 0 Å². The predicted octanol–water partition coefficient (Wildman–Crippen LogP) is -1.72. The van der Waals surface area contributed by atoms with Crippen LogP contribution in [0.2, 0.25) is 0 Å². The maximum absolute atomic E-state index is 11.0. The van der Waals surface area contributed by atoms with Gasteiger partial charge in [-0.05, 0) is 13.8 Å². The number of nitrogens with two attached hydrogens (primary N) is 1. The zero-order chi connectivity index (χ0) is 10.6. The lowest BCUT2D eigenvalue weighted by Gasteiger charge is -2.17. The number of carboxylic acid groups (broad SMARTS) is 1. The van der Waals surface area contributed by atoms with Crippen LogP contribution in [0.25, 0.3) is 0 Å². The minimum Gasteiger partial charge on any atom is -0.480 e. The van der Waals surface area contributed by atoms with E-state index in [0.717, 1.165) is 0 Å². The van der Waals surface area contributed by atoms with Crippen LogP contribution in [0.15, 0.2) is 0 Å². The van der Waals surface area contributed by atoms with Crippen LogP contribution in [-0.4, -0.2) is 40.3 Å². The molecule has 0 aromatic heterocycles. The number of aliphatic hydroxyl groups is 1. The van der Waals surface area contributed by atoms with Crippen LogP contribution < -0.4 is 11.1 Å². The van der Waals surface area contributed by atoms with Crippen molar-refractivity contribution in [3.63, 3.8) is 0 Å². The van der Waals surface area contributed by atoms with Crippen molar-refractivity contribution in [3.05, 3.63) is 0 Å². The summed E-state index contributed by atoms with van der Waals surface area (Å²) in [5.41, 5.74) is 5.20. The molecular formula is C7H14N2O4. The number of rotatable bonds is 4. The van der Waals surface area contributed by atoms with Crippen molar-refractivity contribution < 1.29 is 19.8 Å². The number of carbonyl (C=O) groups excluding carboxylic acids is 1. The Kier molecular flexibility index (Phi) is 4.36. The van der Waals surface area contributed by atoms with Crippen LogP contribution in [0.1, 0.15) is 13.8 Å². The number of nitrogens with one attached hydrogen (secondary N) is 1. The Bertz CT molecular complexity index is 203. The molecule has 0 saturated carbocycles. The van der Waals surface area contributed by atoms with E-state index < -0.39 is 30.1 Å². The molecule has 6 nitrogen and oxygen atoms in total. The lowest BCUT2D eigenvalue weighted by molar-refractivity contribution is -0.144. The first-order valence-electron chi connectivity index (χ1n) is 3.83. The summed E-state index contributed by atoms with van der Waals surface area (Å²) in [6, 6.07) is -2.10. The van der Waals surface area contributed by atoms with Gasteiger partial charge in [0.1, 0.15) is 0 Å². The number of hydrogen-bond acceptors (Lipinski definition) is 4. The van der Waals surface area contributed by atoms with Gasteiger partial charge in [-0.1, -0.05) is 0 Å². The molecule has 0 radical (unpaired) electrons. The van der Waals surface area contributed by atoms with Gasteiger partial charge < -0.3 is 21.3 Å².